The highest BCUT2D eigenvalue weighted by Crippen LogP contribution is 2.20. The smallest absolute Gasteiger partial charge is 0.407 e. The van der Waals surface area contributed by atoms with Gasteiger partial charge in [0.1, 0.15) is 0 Å². The summed E-state index contributed by atoms with van der Waals surface area (Å²) in [6.45, 7) is 1.12. The van der Waals surface area contributed by atoms with E-state index in [-0.39, 0.29) is 6.54 Å². The molecule has 0 unspecified atom stereocenters. The zero-order valence-electron chi connectivity index (χ0n) is 9.20. The van der Waals surface area contributed by atoms with Gasteiger partial charge in [-0.05, 0) is 36.7 Å². The lowest BCUT2D eigenvalue weighted by Gasteiger charge is -2.19. The van der Waals surface area contributed by atoms with Gasteiger partial charge in [-0.1, -0.05) is 23.2 Å². The number of rotatable bonds is 5. The molecule has 0 spiro atoms. The van der Waals surface area contributed by atoms with Crippen molar-refractivity contribution in [1.29, 1.82) is 0 Å². The molecule has 1 aromatic carbocycles. The van der Waals surface area contributed by atoms with Gasteiger partial charge in [0.05, 0.1) is 0 Å². The van der Waals surface area contributed by atoms with E-state index in [1.54, 1.807) is 18.2 Å². The summed E-state index contributed by atoms with van der Waals surface area (Å²) in [5.74, 6) is 0. The predicted molar refractivity (Wildman–Crippen MR) is 68.6 cm³/mol. The first kappa shape index (κ1) is 14.1. The average Bonchev–Trinajstić information content (AvgIpc) is 2.22. The topological polar surface area (TPSA) is 66.6 Å². The summed E-state index contributed by atoms with van der Waals surface area (Å²) in [6.07, 6.45) is -0.352. The Balaban J connectivity index is 2.74. The fourth-order valence-electron chi connectivity index (χ4n) is 1.45. The highest BCUT2D eigenvalue weighted by atomic mass is 35.5. The van der Waals surface area contributed by atoms with Gasteiger partial charge in [-0.25, -0.2) is 4.79 Å². The van der Waals surface area contributed by atoms with E-state index in [1.807, 2.05) is 0 Å². The molecule has 6 heteroatoms. The summed E-state index contributed by atoms with van der Waals surface area (Å²) < 4.78 is 0. The molecule has 0 aliphatic carbocycles. The van der Waals surface area contributed by atoms with Gasteiger partial charge in [-0.15, -0.1) is 0 Å². The minimum absolute atomic E-state index is 0.260. The van der Waals surface area contributed by atoms with Crippen LogP contribution in [-0.2, 0) is 6.54 Å². The van der Waals surface area contributed by atoms with Gasteiger partial charge in [-0.3, -0.25) is 0 Å². The van der Waals surface area contributed by atoms with Gasteiger partial charge in [0.2, 0.25) is 0 Å². The molecule has 0 atom stereocenters. The first-order chi connectivity index (χ1) is 8.02. The van der Waals surface area contributed by atoms with Crippen molar-refractivity contribution in [1.82, 2.24) is 4.90 Å². The van der Waals surface area contributed by atoms with E-state index in [4.69, 9.17) is 34.0 Å². The van der Waals surface area contributed by atoms with Crippen LogP contribution in [0, 0.1) is 0 Å². The first-order valence-corrected chi connectivity index (χ1v) is 5.91. The van der Waals surface area contributed by atoms with Gasteiger partial charge in [0.15, 0.2) is 0 Å². The van der Waals surface area contributed by atoms with Crippen LogP contribution in [0.25, 0.3) is 0 Å². The summed E-state index contributed by atoms with van der Waals surface area (Å²) in [6, 6.07) is 5.01. The van der Waals surface area contributed by atoms with E-state index in [9.17, 15) is 4.79 Å². The maximum atomic E-state index is 11.0. The lowest BCUT2D eigenvalue weighted by atomic mass is 10.2. The second-order valence-electron chi connectivity index (χ2n) is 3.62. The molecular weight excluding hydrogens is 263 g/mol. The van der Waals surface area contributed by atoms with Gasteiger partial charge >= 0.3 is 6.09 Å². The van der Waals surface area contributed by atoms with Crippen molar-refractivity contribution >= 4 is 29.3 Å². The first-order valence-electron chi connectivity index (χ1n) is 5.16. The zero-order valence-corrected chi connectivity index (χ0v) is 10.7. The largest absolute Gasteiger partial charge is 0.465 e. The average molecular weight is 277 g/mol. The summed E-state index contributed by atoms with van der Waals surface area (Å²) in [7, 11) is 0. The number of benzene rings is 1. The maximum absolute atomic E-state index is 11.0. The number of hydrogen-bond acceptors (Lipinski definition) is 2. The summed E-state index contributed by atoms with van der Waals surface area (Å²) in [4.78, 5) is 12.3. The number of amides is 1. The van der Waals surface area contributed by atoms with Crippen LogP contribution in [0.1, 0.15) is 12.0 Å². The van der Waals surface area contributed by atoms with Gasteiger partial charge in [0.25, 0.3) is 0 Å². The van der Waals surface area contributed by atoms with Crippen molar-refractivity contribution in [3.63, 3.8) is 0 Å². The molecule has 1 aromatic rings. The van der Waals surface area contributed by atoms with Gasteiger partial charge in [-0.2, -0.15) is 0 Å². The van der Waals surface area contributed by atoms with Crippen LogP contribution < -0.4 is 5.73 Å². The zero-order chi connectivity index (χ0) is 12.8. The van der Waals surface area contributed by atoms with Crippen LogP contribution in [-0.4, -0.2) is 29.2 Å². The highest BCUT2D eigenvalue weighted by molar-refractivity contribution is 6.34. The molecule has 0 radical (unpaired) electrons. The molecule has 0 aromatic heterocycles. The highest BCUT2D eigenvalue weighted by Gasteiger charge is 2.12. The molecule has 0 bridgehead atoms. The monoisotopic (exact) mass is 276 g/mol. The minimum Gasteiger partial charge on any atom is -0.465 e. The molecule has 0 aliphatic heterocycles. The third-order valence-corrected chi connectivity index (χ3v) is 2.63. The number of nitrogens with zero attached hydrogens (tertiary/aromatic N) is 1. The van der Waals surface area contributed by atoms with Crippen molar-refractivity contribution in [3.05, 3.63) is 33.8 Å². The van der Waals surface area contributed by atoms with E-state index in [2.05, 4.69) is 0 Å². The fourth-order valence-corrected chi connectivity index (χ4v) is 2.02. The number of nitrogens with two attached hydrogens (primary N) is 1. The molecule has 0 fully saturated rings. The third-order valence-electron chi connectivity index (χ3n) is 2.20. The Hall–Kier alpha value is -0.970. The van der Waals surface area contributed by atoms with Crippen LogP contribution in [0.4, 0.5) is 4.79 Å². The summed E-state index contributed by atoms with van der Waals surface area (Å²) >= 11 is 11.7. The molecule has 0 aliphatic rings. The second kappa shape index (κ2) is 6.69. The lowest BCUT2D eigenvalue weighted by molar-refractivity contribution is 0.142. The van der Waals surface area contributed by atoms with Crippen molar-refractivity contribution in [3.8, 4) is 0 Å². The van der Waals surface area contributed by atoms with E-state index < -0.39 is 6.09 Å². The summed E-state index contributed by atoms with van der Waals surface area (Å²) in [5, 5.41) is 10.0. The van der Waals surface area contributed by atoms with Crippen LogP contribution >= 0.6 is 23.2 Å². The molecule has 1 rings (SSSR count). The van der Waals surface area contributed by atoms with E-state index in [1.165, 1.54) is 4.90 Å². The Kier molecular flexibility index (Phi) is 5.55. The molecule has 0 saturated carbocycles. The molecule has 1 amide bonds. The van der Waals surface area contributed by atoms with Crippen molar-refractivity contribution < 1.29 is 9.90 Å². The van der Waals surface area contributed by atoms with Gasteiger partial charge < -0.3 is 15.7 Å². The molecule has 4 nitrogen and oxygen atoms in total. The fraction of sp³-hybridized carbons (Fsp3) is 0.364. The molecule has 0 heterocycles. The Morgan fingerprint density at radius 2 is 1.88 bits per heavy atom. The third kappa shape index (κ3) is 4.81. The second-order valence-corrected chi connectivity index (χ2v) is 4.50. The number of carbonyl (C=O) groups is 1. The Labute approximate surface area is 110 Å². The molecule has 94 valence electrons. The van der Waals surface area contributed by atoms with Crippen molar-refractivity contribution in [2.45, 2.75) is 13.0 Å². The van der Waals surface area contributed by atoms with Crippen LogP contribution in [0.3, 0.4) is 0 Å². The van der Waals surface area contributed by atoms with E-state index >= 15 is 0 Å². The number of halogens is 2. The lowest BCUT2D eigenvalue weighted by Crippen LogP contribution is -2.31. The number of carboxylic acid groups (broad SMARTS) is 1. The van der Waals surface area contributed by atoms with Crippen LogP contribution in [0.15, 0.2) is 18.2 Å². The Bertz CT molecular complexity index is 379. The SMILES string of the molecule is NCCCN(Cc1cc(Cl)cc(Cl)c1)C(=O)O. The maximum Gasteiger partial charge on any atom is 0.407 e. The molecule has 3 N–H and O–H groups in total. The van der Waals surface area contributed by atoms with E-state index in [0.29, 0.717) is 29.6 Å². The van der Waals surface area contributed by atoms with Gasteiger partial charge in [0, 0.05) is 23.1 Å². The number of hydrogen-bond donors (Lipinski definition) is 2. The predicted octanol–water partition coefficient (Wildman–Crippen LogP) is 2.82. The normalized spacial score (nSPS) is 10.3. The molecular formula is C11H14Cl2N2O2. The van der Waals surface area contributed by atoms with Crippen molar-refractivity contribution in [2.24, 2.45) is 5.73 Å². The van der Waals surface area contributed by atoms with E-state index in [0.717, 1.165) is 5.56 Å². The van der Waals surface area contributed by atoms with Crippen LogP contribution in [0.5, 0.6) is 0 Å². The summed E-state index contributed by atoms with van der Waals surface area (Å²) in [5.41, 5.74) is 6.12. The van der Waals surface area contributed by atoms with Crippen molar-refractivity contribution in [2.75, 3.05) is 13.1 Å². The minimum atomic E-state index is -0.977. The molecule has 0 saturated heterocycles. The van der Waals surface area contributed by atoms with Crippen LogP contribution in [0.2, 0.25) is 10.0 Å². The Morgan fingerprint density at radius 1 is 1.29 bits per heavy atom. The standard InChI is InChI=1S/C11H14Cl2N2O2/c12-9-4-8(5-10(13)6-9)7-15(11(16)17)3-1-2-14/h4-6H,1-3,7,14H2,(H,16,17). The molecule has 17 heavy (non-hydrogen) atoms. The quantitative estimate of drug-likeness (QED) is 0.869. The Morgan fingerprint density at radius 3 is 2.35 bits per heavy atom.